The van der Waals surface area contributed by atoms with Gasteiger partial charge in [-0.1, -0.05) is 0 Å². The molecule has 0 amide bonds. The summed E-state index contributed by atoms with van der Waals surface area (Å²) >= 11 is 9.22. The SMILES string of the molecule is Cc1ccn(-c2ncc(Br)cc2CCl)n1. The number of aromatic nitrogens is 3. The molecule has 0 saturated heterocycles. The van der Waals surface area contributed by atoms with Crippen molar-refractivity contribution in [3.8, 4) is 5.82 Å². The number of alkyl halides is 1. The minimum atomic E-state index is 0.417. The van der Waals surface area contributed by atoms with E-state index >= 15 is 0 Å². The summed E-state index contributed by atoms with van der Waals surface area (Å²) in [5.74, 6) is 1.20. The number of rotatable bonds is 2. The van der Waals surface area contributed by atoms with Crippen LogP contribution in [0.15, 0.2) is 29.0 Å². The van der Waals surface area contributed by atoms with Crippen molar-refractivity contribution < 1.29 is 0 Å². The van der Waals surface area contributed by atoms with Crippen molar-refractivity contribution in [1.29, 1.82) is 0 Å². The number of hydrogen-bond acceptors (Lipinski definition) is 2. The molecule has 0 aliphatic rings. The first-order valence-electron chi connectivity index (χ1n) is 4.44. The van der Waals surface area contributed by atoms with Crippen molar-refractivity contribution in [1.82, 2.24) is 14.8 Å². The molecule has 5 heteroatoms. The van der Waals surface area contributed by atoms with Gasteiger partial charge in [-0.15, -0.1) is 11.6 Å². The lowest BCUT2D eigenvalue weighted by atomic mass is 10.3. The Balaban J connectivity index is 2.52. The molecule has 3 nitrogen and oxygen atoms in total. The minimum absolute atomic E-state index is 0.417. The van der Waals surface area contributed by atoms with Crippen LogP contribution in [0.1, 0.15) is 11.3 Å². The fourth-order valence-corrected chi connectivity index (χ4v) is 1.89. The maximum atomic E-state index is 5.86. The Morgan fingerprint density at radius 3 is 2.93 bits per heavy atom. The van der Waals surface area contributed by atoms with Crippen molar-refractivity contribution in [2.24, 2.45) is 0 Å². The zero-order chi connectivity index (χ0) is 10.8. The zero-order valence-electron chi connectivity index (χ0n) is 8.11. The number of aryl methyl sites for hydroxylation is 1. The Morgan fingerprint density at radius 1 is 1.53 bits per heavy atom. The van der Waals surface area contributed by atoms with E-state index in [0.717, 1.165) is 21.5 Å². The molecule has 0 radical (unpaired) electrons. The number of nitrogens with zero attached hydrogens (tertiary/aromatic N) is 3. The topological polar surface area (TPSA) is 30.7 Å². The maximum absolute atomic E-state index is 5.86. The molecule has 0 aromatic carbocycles. The van der Waals surface area contributed by atoms with Gasteiger partial charge in [0.2, 0.25) is 0 Å². The summed E-state index contributed by atoms with van der Waals surface area (Å²) in [6.45, 7) is 1.94. The van der Waals surface area contributed by atoms with E-state index in [1.807, 2.05) is 25.3 Å². The van der Waals surface area contributed by atoms with Crippen molar-refractivity contribution in [3.63, 3.8) is 0 Å². The van der Waals surface area contributed by atoms with Gasteiger partial charge in [0.1, 0.15) is 0 Å². The molecule has 2 rings (SSSR count). The fraction of sp³-hybridized carbons (Fsp3) is 0.200. The van der Waals surface area contributed by atoms with E-state index in [9.17, 15) is 0 Å². The van der Waals surface area contributed by atoms with Crippen molar-refractivity contribution in [2.45, 2.75) is 12.8 Å². The van der Waals surface area contributed by atoms with Gasteiger partial charge >= 0.3 is 0 Å². The Kier molecular flexibility index (Phi) is 3.07. The van der Waals surface area contributed by atoms with Crippen molar-refractivity contribution >= 4 is 27.5 Å². The second-order valence-electron chi connectivity index (χ2n) is 3.17. The van der Waals surface area contributed by atoms with Gasteiger partial charge in [-0.25, -0.2) is 9.67 Å². The highest BCUT2D eigenvalue weighted by molar-refractivity contribution is 9.10. The molecule has 0 bridgehead atoms. The smallest absolute Gasteiger partial charge is 0.157 e. The Hall–Kier alpha value is -0.870. The summed E-state index contributed by atoms with van der Waals surface area (Å²) in [5.41, 5.74) is 1.91. The van der Waals surface area contributed by atoms with Gasteiger partial charge in [0.15, 0.2) is 5.82 Å². The molecule has 0 N–H and O–H groups in total. The van der Waals surface area contributed by atoms with E-state index in [1.54, 1.807) is 10.9 Å². The van der Waals surface area contributed by atoms with Crippen LogP contribution in [-0.2, 0) is 5.88 Å². The molecule has 0 aliphatic carbocycles. The summed E-state index contributed by atoms with van der Waals surface area (Å²) in [6, 6.07) is 3.88. The number of hydrogen-bond donors (Lipinski definition) is 0. The number of halogens is 2. The lowest BCUT2D eigenvalue weighted by Gasteiger charge is -2.05. The molecule has 2 aromatic rings. The summed E-state index contributed by atoms with van der Waals surface area (Å²) in [5, 5.41) is 4.30. The second kappa shape index (κ2) is 4.33. The summed E-state index contributed by atoms with van der Waals surface area (Å²) in [6.07, 6.45) is 3.62. The third-order valence-electron chi connectivity index (χ3n) is 1.99. The lowest BCUT2D eigenvalue weighted by molar-refractivity contribution is 0.821. The third-order valence-corrected chi connectivity index (χ3v) is 2.71. The van der Waals surface area contributed by atoms with Crippen LogP contribution in [0.25, 0.3) is 5.82 Å². The van der Waals surface area contributed by atoms with Crippen LogP contribution in [0.2, 0.25) is 0 Å². The molecule has 0 unspecified atom stereocenters. The van der Waals surface area contributed by atoms with Gasteiger partial charge < -0.3 is 0 Å². The van der Waals surface area contributed by atoms with E-state index in [4.69, 9.17) is 11.6 Å². The highest BCUT2D eigenvalue weighted by atomic mass is 79.9. The van der Waals surface area contributed by atoms with Crippen LogP contribution in [0.3, 0.4) is 0 Å². The number of pyridine rings is 1. The van der Waals surface area contributed by atoms with Gasteiger partial charge in [-0.05, 0) is 35.0 Å². The normalized spacial score (nSPS) is 10.6. The molecule has 0 aliphatic heterocycles. The highest BCUT2D eigenvalue weighted by Gasteiger charge is 2.06. The van der Waals surface area contributed by atoms with E-state index in [-0.39, 0.29) is 0 Å². The molecular formula is C10H9BrClN3. The highest BCUT2D eigenvalue weighted by Crippen LogP contribution is 2.18. The molecular weight excluding hydrogens is 277 g/mol. The van der Waals surface area contributed by atoms with Crippen molar-refractivity contribution in [2.75, 3.05) is 0 Å². The molecule has 15 heavy (non-hydrogen) atoms. The van der Waals surface area contributed by atoms with Crippen LogP contribution in [0.5, 0.6) is 0 Å². The quantitative estimate of drug-likeness (QED) is 0.794. The predicted octanol–water partition coefficient (Wildman–Crippen LogP) is 3.08. The molecule has 0 atom stereocenters. The molecule has 0 fully saturated rings. The van der Waals surface area contributed by atoms with Crippen LogP contribution in [0, 0.1) is 6.92 Å². The van der Waals surface area contributed by atoms with Gasteiger partial charge in [0.25, 0.3) is 0 Å². The Labute approximate surface area is 101 Å². The molecule has 2 aromatic heterocycles. The van der Waals surface area contributed by atoms with E-state index in [0.29, 0.717) is 5.88 Å². The van der Waals surface area contributed by atoms with Crippen LogP contribution in [-0.4, -0.2) is 14.8 Å². The predicted molar refractivity (Wildman–Crippen MR) is 63.4 cm³/mol. The Morgan fingerprint density at radius 2 is 2.33 bits per heavy atom. The lowest BCUT2D eigenvalue weighted by Crippen LogP contribution is -2.02. The standard InChI is InChI=1S/C10H9BrClN3/c1-7-2-3-15(14-7)10-8(5-12)4-9(11)6-13-10/h2-4,6H,5H2,1H3. The largest absolute Gasteiger partial charge is 0.236 e. The second-order valence-corrected chi connectivity index (χ2v) is 4.35. The first-order chi connectivity index (χ1) is 7.20. The van der Waals surface area contributed by atoms with Crippen LogP contribution in [0.4, 0.5) is 0 Å². The van der Waals surface area contributed by atoms with E-state index in [2.05, 4.69) is 26.0 Å². The molecule has 0 spiro atoms. The third kappa shape index (κ3) is 2.21. The minimum Gasteiger partial charge on any atom is -0.236 e. The molecule has 0 saturated carbocycles. The van der Waals surface area contributed by atoms with E-state index < -0.39 is 0 Å². The monoisotopic (exact) mass is 285 g/mol. The van der Waals surface area contributed by atoms with Gasteiger partial charge in [-0.3, -0.25) is 0 Å². The first-order valence-corrected chi connectivity index (χ1v) is 5.76. The first kappa shape index (κ1) is 10.6. The zero-order valence-corrected chi connectivity index (χ0v) is 10.5. The van der Waals surface area contributed by atoms with Gasteiger partial charge in [0, 0.05) is 22.4 Å². The molecule has 2 heterocycles. The fourth-order valence-electron chi connectivity index (χ4n) is 1.31. The summed E-state index contributed by atoms with van der Waals surface area (Å²) in [4.78, 5) is 4.30. The average Bonchev–Trinajstić information content (AvgIpc) is 2.64. The van der Waals surface area contributed by atoms with Crippen LogP contribution < -0.4 is 0 Å². The van der Waals surface area contributed by atoms with Crippen molar-refractivity contribution in [3.05, 3.63) is 40.3 Å². The van der Waals surface area contributed by atoms with E-state index in [1.165, 1.54) is 0 Å². The maximum Gasteiger partial charge on any atom is 0.157 e. The van der Waals surface area contributed by atoms with Gasteiger partial charge in [0.05, 0.1) is 11.6 Å². The summed E-state index contributed by atoms with van der Waals surface area (Å²) in [7, 11) is 0. The average molecular weight is 287 g/mol. The Bertz CT molecular complexity index is 481. The summed E-state index contributed by atoms with van der Waals surface area (Å²) < 4.78 is 2.66. The van der Waals surface area contributed by atoms with Gasteiger partial charge in [-0.2, -0.15) is 5.10 Å². The molecule has 78 valence electrons. The van der Waals surface area contributed by atoms with Crippen LogP contribution >= 0.6 is 27.5 Å².